The molecule has 0 aliphatic rings. The summed E-state index contributed by atoms with van der Waals surface area (Å²) in [5.41, 5.74) is -0.450. The van der Waals surface area contributed by atoms with Gasteiger partial charge in [0.15, 0.2) is 0 Å². The molecule has 3 N–H and O–H groups in total. The molecule has 0 saturated carbocycles. The Labute approximate surface area is 137 Å². The normalized spacial score (nSPS) is 13.6. The van der Waals surface area contributed by atoms with E-state index in [1.54, 1.807) is 27.9 Å². The summed E-state index contributed by atoms with van der Waals surface area (Å²) < 4.78 is 32.8. The summed E-state index contributed by atoms with van der Waals surface area (Å²) >= 11 is 0. The molecule has 8 heteroatoms. The molecule has 23 heavy (non-hydrogen) atoms. The van der Waals surface area contributed by atoms with Crippen LogP contribution in [0.15, 0.2) is 23.1 Å². The van der Waals surface area contributed by atoms with Gasteiger partial charge in [0.2, 0.25) is 10.0 Å². The van der Waals surface area contributed by atoms with Crippen molar-refractivity contribution in [3.63, 3.8) is 0 Å². The fourth-order valence-corrected chi connectivity index (χ4v) is 3.63. The second-order valence-corrected chi connectivity index (χ2v) is 8.02. The predicted molar refractivity (Wildman–Crippen MR) is 88.4 cm³/mol. The topological polar surface area (TPSA) is 105 Å². The molecule has 0 aliphatic carbocycles. The van der Waals surface area contributed by atoms with E-state index in [1.165, 1.54) is 12.1 Å². The molecule has 1 aromatic carbocycles. The van der Waals surface area contributed by atoms with Crippen molar-refractivity contribution in [3.8, 4) is 0 Å². The van der Waals surface area contributed by atoms with Gasteiger partial charge in [0.05, 0.1) is 17.9 Å². The first-order valence-corrected chi connectivity index (χ1v) is 8.61. The molecule has 0 bridgehead atoms. The van der Waals surface area contributed by atoms with Crippen LogP contribution in [0.3, 0.4) is 0 Å². The van der Waals surface area contributed by atoms with Gasteiger partial charge in [-0.25, -0.2) is 17.9 Å². The van der Waals surface area contributed by atoms with Gasteiger partial charge in [0, 0.05) is 18.7 Å². The molecular weight excluding hydrogens is 320 g/mol. The molecule has 130 valence electrons. The Hall–Kier alpha value is -1.64. The monoisotopic (exact) mass is 344 g/mol. The largest absolute Gasteiger partial charge is 0.478 e. The lowest BCUT2D eigenvalue weighted by molar-refractivity contribution is 0.0696. The second-order valence-electron chi connectivity index (χ2n) is 6.37. The molecule has 0 aromatic heterocycles. The Morgan fingerprint density at radius 3 is 2.43 bits per heavy atom. The number of methoxy groups -OCH3 is 1. The van der Waals surface area contributed by atoms with Crippen LogP contribution in [0.1, 0.15) is 38.1 Å². The number of ether oxygens (including phenoxy) is 1. The van der Waals surface area contributed by atoms with Gasteiger partial charge in [-0.3, -0.25) is 0 Å². The maximum Gasteiger partial charge on any atom is 0.335 e. The molecule has 0 saturated heterocycles. The minimum atomic E-state index is -3.88. The lowest BCUT2D eigenvalue weighted by atomic mass is 10.1. The van der Waals surface area contributed by atoms with Crippen molar-refractivity contribution >= 4 is 21.7 Å². The van der Waals surface area contributed by atoms with Crippen LogP contribution in [-0.2, 0) is 14.8 Å². The van der Waals surface area contributed by atoms with Gasteiger partial charge in [-0.15, -0.1) is 0 Å². The number of rotatable bonds is 7. The Kier molecular flexibility index (Phi) is 6.15. The van der Waals surface area contributed by atoms with E-state index >= 15 is 0 Å². The summed E-state index contributed by atoms with van der Waals surface area (Å²) in [6.07, 6.45) is 0. The van der Waals surface area contributed by atoms with Crippen molar-refractivity contribution in [3.05, 3.63) is 23.8 Å². The maximum atomic E-state index is 12.6. The van der Waals surface area contributed by atoms with E-state index in [9.17, 15) is 13.2 Å². The van der Waals surface area contributed by atoms with Gasteiger partial charge >= 0.3 is 5.97 Å². The molecule has 7 nitrogen and oxygen atoms in total. The summed E-state index contributed by atoms with van der Waals surface area (Å²) in [7, 11) is -2.34. The highest BCUT2D eigenvalue weighted by Gasteiger charge is 2.26. The van der Waals surface area contributed by atoms with Crippen molar-refractivity contribution in [2.75, 3.05) is 19.0 Å². The number of carboxylic acid groups (broad SMARTS) is 1. The summed E-state index contributed by atoms with van der Waals surface area (Å²) in [5.74, 6) is -1.19. The summed E-state index contributed by atoms with van der Waals surface area (Å²) in [6, 6.07) is 3.82. The number of carbonyl (C=O) groups is 1. The zero-order valence-electron chi connectivity index (χ0n) is 14.0. The molecule has 0 spiro atoms. The minimum Gasteiger partial charge on any atom is -0.478 e. The number of nitrogens with one attached hydrogen (secondary N) is 2. The molecule has 0 radical (unpaired) electrons. The van der Waals surface area contributed by atoms with E-state index in [4.69, 9.17) is 9.84 Å². The highest BCUT2D eigenvalue weighted by Crippen LogP contribution is 2.25. The first-order valence-electron chi connectivity index (χ1n) is 7.13. The first kappa shape index (κ1) is 19.4. The minimum absolute atomic E-state index is 0.0933. The lowest BCUT2D eigenvalue weighted by Gasteiger charge is -2.23. The molecule has 0 amide bonds. The number of sulfonamides is 1. The number of anilines is 1. The highest BCUT2D eigenvalue weighted by molar-refractivity contribution is 7.89. The van der Waals surface area contributed by atoms with E-state index in [0.29, 0.717) is 12.3 Å². The van der Waals surface area contributed by atoms with Gasteiger partial charge < -0.3 is 15.2 Å². The van der Waals surface area contributed by atoms with Crippen LogP contribution in [0.25, 0.3) is 0 Å². The van der Waals surface area contributed by atoms with Crippen molar-refractivity contribution in [1.82, 2.24) is 4.72 Å². The molecular formula is C15H24N2O5S. The van der Waals surface area contributed by atoms with E-state index in [2.05, 4.69) is 10.0 Å². The number of hydrogen-bond acceptors (Lipinski definition) is 5. The summed E-state index contributed by atoms with van der Waals surface area (Å²) in [5, 5.41) is 12.1. The standard InChI is InChI=1S/C15H24N2O5S/c1-10(9-22-5)16-12-7-6-11(14(18)19)8-13(12)23(20,21)17-15(2,3)4/h6-8,10,16-17H,9H2,1-5H3,(H,18,19). The maximum absolute atomic E-state index is 12.6. The first-order chi connectivity index (χ1) is 10.5. The number of benzene rings is 1. The zero-order valence-corrected chi connectivity index (χ0v) is 14.8. The second kappa shape index (κ2) is 7.29. The Balaban J connectivity index is 3.34. The van der Waals surface area contributed by atoms with Crippen LogP contribution in [0.2, 0.25) is 0 Å². The van der Waals surface area contributed by atoms with Crippen LogP contribution >= 0.6 is 0 Å². The van der Waals surface area contributed by atoms with Crippen LogP contribution in [0.5, 0.6) is 0 Å². The van der Waals surface area contributed by atoms with Gasteiger partial charge in [-0.05, 0) is 45.9 Å². The fraction of sp³-hybridized carbons (Fsp3) is 0.533. The molecule has 1 atom stereocenters. The molecule has 0 fully saturated rings. The van der Waals surface area contributed by atoms with Gasteiger partial charge in [-0.1, -0.05) is 0 Å². The number of hydrogen-bond donors (Lipinski definition) is 3. The molecule has 1 aromatic rings. The van der Waals surface area contributed by atoms with Crippen LogP contribution in [0, 0.1) is 0 Å². The SMILES string of the molecule is COCC(C)Nc1ccc(C(=O)O)cc1S(=O)(=O)NC(C)(C)C. The zero-order chi connectivity index (χ0) is 17.8. The van der Waals surface area contributed by atoms with E-state index in [1.807, 2.05) is 6.92 Å². The molecule has 0 aliphatic heterocycles. The third-order valence-corrected chi connectivity index (χ3v) is 4.58. The van der Waals surface area contributed by atoms with Crippen molar-refractivity contribution in [1.29, 1.82) is 0 Å². The quantitative estimate of drug-likeness (QED) is 0.698. The Bertz CT molecular complexity index is 665. The molecule has 0 heterocycles. The third kappa shape index (κ3) is 5.81. The molecule has 1 rings (SSSR count). The Morgan fingerprint density at radius 1 is 1.35 bits per heavy atom. The fourth-order valence-electron chi connectivity index (χ4n) is 2.01. The third-order valence-electron chi connectivity index (χ3n) is 2.78. The van der Waals surface area contributed by atoms with Crippen LogP contribution < -0.4 is 10.0 Å². The Morgan fingerprint density at radius 2 is 1.96 bits per heavy atom. The van der Waals surface area contributed by atoms with E-state index in [-0.39, 0.29) is 16.5 Å². The number of carboxylic acids is 1. The van der Waals surface area contributed by atoms with Crippen LogP contribution in [0.4, 0.5) is 5.69 Å². The van der Waals surface area contributed by atoms with Crippen molar-refractivity contribution in [2.45, 2.75) is 44.2 Å². The summed E-state index contributed by atoms with van der Waals surface area (Å²) in [4.78, 5) is 11.0. The predicted octanol–water partition coefficient (Wildman–Crippen LogP) is 1.91. The van der Waals surface area contributed by atoms with Crippen molar-refractivity contribution < 1.29 is 23.1 Å². The van der Waals surface area contributed by atoms with Crippen molar-refractivity contribution in [2.24, 2.45) is 0 Å². The molecule has 1 unspecified atom stereocenters. The van der Waals surface area contributed by atoms with E-state index in [0.717, 1.165) is 6.07 Å². The number of aromatic carboxylic acids is 1. The van der Waals surface area contributed by atoms with Gasteiger partial charge in [0.1, 0.15) is 4.90 Å². The van der Waals surface area contributed by atoms with Crippen LogP contribution in [-0.4, -0.2) is 44.8 Å². The highest BCUT2D eigenvalue weighted by atomic mass is 32.2. The van der Waals surface area contributed by atoms with E-state index < -0.39 is 21.5 Å². The smallest absolute Gasteiger partial charge is 0.335 e. The van der Waals surface area contributed by atoms with Gasteiger partial charge in [0.25, 0.3) is 0 Å². The van der Waals surface area contributed by atoms with Gasteiger partial charge in [-0.2, -0.15) is 0 Å². The summed E-state index contributed by atoms with van der Waals surface area (Å²) in [6.45, 7) is 7.36. The lowest BCUT2D eigenvalue weighted by Crippen LogP contribution is -2.41. The average Bonchev–Trinajstić information content (AvgIpc) is 2.36. The average molecular weight is 344 g/mol.